The first kappa shape index (κ1) is 19.1. The van der Waals surface area contributed by atoms with E-state index in [9.17, 15) is 20.1 Å². The predicted molar refractivity (Wildman–Crippen MR) is 98.2 cm³/mol. The second-order valence-electron chi connectivity index (χ2n) is 6.50. The lowest BCUT2D eigenvalue weighted by Gasteiger charge is -2.19. The van der Waals surface area contributed by atoms with Crippen molar-refractivity contribution >= 4 is 22.9 Å². The summed E-state index contributed by atoms with van der Waals surface area (Å²) in [5.74, 6) is -0.656. The minimum absolute atomic E-state index is 0.0451. The van der Waals surface area contributed by atoms with Crippen molar-refractivity contribution in [3.05, 3.63) is 42.2 Å². The molecule has 12 nitrogen and oxygen atoms in total. The van der Waals surface area contributed by atoms with E-state index >= 15 is 0 Å². The van der Waals surface area contributed by atoms with Crippen molar-refractivity contribution in [3.63, 3.8) is 0 Å². The van der Waals surface area contributed by atoms with Crippen LogP contribution >= 0.6 is 0 Å². The molecule has 0 radical (unpaired) electrons. The van der Waals surface area contributed by atoms with E-state index in [0.29, 0.717) is 0 Å². The highest BCUT2D eigenvalue weighted by Gasteiger charge is 2.45. The first-order chi connectivity index (χ1) is 14.0. The number of carbonyl (C=O) groups excluding carboxylic acids is 1. The molecule has 4 unspecified atom stereocenters. The summed E-state index contributed by atoms with van der Waals surface area (Å²) < 4.78 is 6.81. The molecule has 1 amide bonds. The minimum atomic E-state index is -1.42. The number of nitrogens with zero attached hydrogens (tertiary/aromatic N) is 5. The number of amides is 1. The summed E-state index contributed by atoms with van der Waals surface area (Å²) in [4.78, 5) is 29.0. The zero-order chi connectivity index (χ0) is 20.5. The Morgan fingerprint density at radius 1 is 1.24 bits per heavy atom. The van der Waals surface area contributed by atoms with Crippen molar-refractivity contribution in [1.82, 2.24) is 29.8 Å². The zero-order valence-corrected chi connectivity index (χ0v) is 15.1. The van der Waals surface area contributed by atoms with Gasteiger partial charge in [0.25, 0.3) is 5.91 Å². The second-order valence-corrected chi connectivity index (χ2v) is 6.50. The minimum Gasteiger partial charge on any atom is -0.394 e. The fourth-order valence-corrected chi connectivity index (χ4v) is 3.18. The van der Waals surface area contributed by atoms with Crippen LogP contribution in [0.4, 0.5) is 5.82 Å². The second kappa shape index (κ2) is 7.67. The molecule has 12 heteroatoms. The van der Waals surface area contributed by atoms with Crippen LogP contribution in [0.3, 0.4) is 0 Å². The maximum absolute atomic E-state index is 12.9. The third kappa shape index (κ3) is 3.38. The van der Waals surface area contributed by atoms with Gasteiger partial charge in [0.2, 0.25) is 5.82 Å². The van der Waals surface area contributed by atoms with Gasteiger partial charge in [-0.05, 0) is 17.7 Å². The molecule has 3 aromatic heterocycles. The Labute approximate surface area is 164 Å². The molecule has 4 atom stereocenters. The molecule has 0 spiro atoms. The van der Waals surface area contributed by atoms with Crippen LogP contribution < -0.4 is 11.1 Å². The fraction of sp³-hybridized carbons (Fsp3) is 0.353. The molecule has 4 rings (SSSR count). The molecule has 0 bridgehead atoms. The van der Waals surface area contributed by atoms with Gasteiger partial charge in [0.15, 0.2) is 23.2 Å². The first-order valence-corrected chi connectivity index (χ1v) is 8.79. The van der Waals surface area contributed by atoms with Gasteiger partial charge in [-0.25, -0.2) is 15.0 Å². The number of aliphatic hydroxyl groups is 3. The highest BCUT2D eigenvalue weighted by atomic mass is 16.6. The van der Waals surface area contributed by atoms with E-state index in [2.05, 4.69) is 25.3 Å². The lowest BCUT2D eigenvalue weighted by Crippen LogP contribution is -2.34. The standard InChI is InChI=1S/C17H19N7O5/c18-13-10-14(22-7-21-13)24(17-12(27)11(26)9(6-25)29-17)15(23-10)16(28)20-5-8-1-3-19-4-2-8/h1-4,7,9,11-12,17,25-27H,5-6H2,(H,20,28)(H2,18,21,22). The van der Waals surface area contributed by atoms with Gasteiger partial charge in [0.05, 0.1) is 6.61 Å². The predicted octanol–water partition coefficient (Wildman–Crippen LogP) is -1.66. The number of carbonyl (C=O) groups is 1. The van der Waals surface area contributed by atoms with Crippen molar-refractivity contribution in [2.24, 2.45) is 0 Å². The van der Waals surface area contributed by atoms with Crippen LogP contribution in [-0.4, -0.2) is 70.6 Å². The Hall–Kier alpha value is -3.19. The molecular formula is C17H19N7O5. The fourth-order valence-electron chi connectivity index (χ4n) is 3.18. The quantitative estimate of drug-likeness (QED) is 0.332. The largest absolute Gasteiger partial charge is 0.394 e. The lowest BCUT2D eigenvalue weighted by molar-refractivity contribution is -0.0518. The average Bonchev–Trinajstić information content (AvgIpc) is 3.26. The molecule has 1 aliphatic rings. The number of nitrogens with one attached hydrogen (secondary N) is 1. The van der Waals surface area contributed by atoms with Crippen LogP contribution in [0.2, 0.25) is 0 Å². The smallest absolute Gasteiger partial charge is 0.287 e. The normalized spacial score (nSPS) is 24.1. The van der Waals surface area contributed by atoms with Crippen molar-refractivity contribution in [2.45, 2.75) is 31.1 Å². The number of rotatable bonds is 5. The highest BCUT2D eigenvalue weighted by Crippen LogP contribution is 2.33. The summed E-state index contributed by atoms with van der Waals surface area (Å²) in [5.41, 5.74) is 6.99. The summed E-state index contributed by atoms with van der Waals surface area (Å²) in [5, 5.41) is 32.6. The van der Waals surface area contributed by atoms with Crippen molar-refractivity contribution in [2.75, 3.05) is 12.3 Å². The molecule has 6 N–H and O–H groups in total. The highest BCUT2D eigenvalue weighted by molar-refractivity contribution is 5.96. The number of aliphatic hydroxyl groups excluding tert-OH is 3. The maximum Gasteiger partial charge on any atom is 0.287 e. The van der Waals surface area contributed by atoms with Crippen molar-refractivity contribution in [3.8, 4) is 0 Å². The van der Waals surface area contributed by atoms with E-state index < -0.39 is 37.1 Å². The number of hydrogen-bond donors (Lipinski definition) is 5. The molecule has 29 heavy (non-hydrogen) atoms. The number of aromatic nitrogens is 5. The summed E-state index contributed by atoms with van der Waals surface area (Å²) in [6.45, 7) is -0.302. The monoisotopic (exact) mass is 401 g/mol. The Balaban J connectivity index is 1.72. The average molecular weight is 401 g/mol. The molecule has 4 heterocycles. The Bertz CT molecular complexity index is 1030. The van der Waals surface area contributed by atoms with Gasteiger partial charge in [-0.1, -0.05) is 0 Å². The number of fused-ring (bicyclic) bond motifs is 1. The first-order valence-electron chi connectivity index (χ1n) is 8.79. The van der Waals surface area contributed by atoms with Gasteiger partial charge in [-0.15, -0.1) is 0 Å². The molecule has 0 aliphatic carbocycles. The summed E-state index contributed by atoms with van der Waals surface area (Å²) in [6, 6.07) is 3.50. The molecular weight excluding hydrogens is 382 g/mol. The van der Waals surface area contributed by atoms with Crippen LogP contribution in [-0.2, 0) is 11.3 Å². The number of anilines is 1. The van der Waals surface area contributed by atoms with Gasteiger partial charge in [-0.2, -0.15) is 0 Å². The molecule has 1 saturated heterocycles. The van der Waals surface area contributed by atoms with Crippen LogP contribution in [0, 0.1) is 0 Å². The number of nitrogens with two attached hydrogens (primary N) is 1. The van der Waals surface area contributed by atoms with Gasteiger partial charge in [0.1, 0.15) is 24.6 Å². The molecule has 1 fully saturated rings. The van der Waals surface area contributed by atoms with E-state index in [-0.39, 0.29) is 29.4 Å². The topological polar surface area (TPSA) is 182 Å². The summed E-state index contributed by atoms with van der Waals surface area (Å²) in [6.07, 6.45) is -0.613. The van der Waals surface area contributed by atoms with Gasteiger partial charge in [0, 0.05) is 18.9 Å². The maximum atomic E-state index is 12.9. The van der Waals surface area contributed by atoms with Gasteiger partial charge < -0.3 is 31.1 Å². The molecule has 0 aromatic carbocycles. The molecule has 0 saturated carbocycles. The van der Waals surface area contributed by atoms with E-state index in [1.165, 1.54) is 10.9 Å². The van der Waals surface area contributed by atoms with Gasteiger partial charge >= 0.3 is 0 Å². The Kier molecular flexibility index (Phi) is 5.07. The Morgan fingerprint density at radius 2 is 2.00 bits per heavy atom. The van der Waals surface area contributed by atoms with Crippen molar-refractivity contribution in [1.29, 1.82) is 0 Å². The van der Waals surface area contributed by atoms with Crippen LogP contribution in [0.15, 0.2) is 30.9 Å². The number of pyridine rings is 1. The summed E-state index contributed by atoms with van der Waals surface area (Å²) in [7, 11) is 0. The van der Waals surface area contributed by atoms with Crippen molar-refractivity contribution < 1.29 is 24.9 Å². The molecule has 3 aromatic rings. The third-order valence-corrected chi connectivity index (χ3v) is 4.68. The van der Waals surface area contributed by atoms with E-state index in [0.717, 1.165) is 5.56 Å². The third-order valence-electron chi connectivity index (χ3n) is 4.68. The van der Waals surface area contributed by atoms with Crippen LogP contribution in [0.1, 0.15) is 22.4 Å². The van der Waals surface area contributed by atoms with Gasteiger partial charge in [-0.3, -0.25) is 14.3 Å². The number of hydrogen-bond acceptors (Lipinski definition) is 10. The van der Waals surface area contributed by atoms with E-state index in [1.807, 2.05) is 0 Å². The summed E-state index contributed by atoms with van der Waals surface area (Å²) >= 11 is 0. The van der Waals surface area contributed by atoms with Crippen LogP contribution in [0.5, 0.6) is 0 Å². The van der Waals surface area contributed by atoms with Crippen LogP contribution in [0.25, 0.3) is 11.2 Å². The molecule has 152 valence electrons. The zero-order valence-electron chi connectivity index (χ0n) is 15.1. The number of imidazole rings is 1. The van der Waals surface area contributed by atoms with E-state index in [4.69, 9.17) is 10.5 Å². The number of nitrogen functional groups attached to an aromatic ring is 1. The van der Waals surface area contributed by atoms with E-state index in [1.54, 1.807) is 24.5 Å². The Morgan fingerprint density at radius 3 is 2.69 bits per heavy atom. The number of ether oxygens (including phenoxy) is 1. The lowest BCUT2D eigenvalue weighted by atomic mass is 10.1. The SMILES string of the molecule is Nc1ncnc2c1nc(C(=O)NCc1ccncc1)n2C1OC(CO)C(O)C1O. The molecule has 1 aliphatic heterocycles.